The Labute approximate surface area is 128 Å². The van der Waals surface area contributed by atoms with E-state index in [4.69, 9.17) is 0 Å². The van der Waals surface area contributed by atoms with Crippen LogP contribution in [0.3, 0.4) is 0 Å². The topological polar surface area (TPSA) is 96.0 Å². The van der Waals surface area contributed by atoms with Crippen LogP contribution in [0.1, 0.15) is 19.4 Å². The largest absolute Gasteiger partial charge is 0.477 e. The van der Waals surface area contributed by atoms with E-state index >= 15 is 0 Å². The highest BCUT2D eigenvalue weighted by molar-refractivity contribution is 5.91. The summed E-state index contributed by atoms with van der Waals surface area (Å²) < 4.78 is 0. The number of nitro groups is 1. The first-order valence-electron chi connectivity index (χ1n) is 6.50. The van der Waals surface area contributed by atoms with Crippen molar-refractivity contribution in [2.24, 2.45) is 11.0 Å². The Balaban J connectivity index is 3.24. The monoisotopic (exact) mass is 303 g/mol. The van der Waals surface area contributed by atoms with Crippen LogP contribution in [-0.4, -0.2) is 27.2 Å². The molecule has 0 spiro atoms. The molecule has 1 N–H and O–H groups in total. The maximum Gasteiger partial charge on any atom is 0.354 e. The van der Waals surface area contributed by atoms with E-state index < -0.39 is 10.9 Å². The number of rotatable bonds is 7. The fourth-order valence-electron chi connectivity index (χ4n) is 1.52. The Hall–Kier alpha value is -2.96. The minimum absolute atomic E-state index is 0.116. The first kappa shape index (κ1) is 17.1. The lowest BCUT2D eigenvalue weighted by atomic mass is 10.1. The Morgan fingerprint density at radius 3 is 2.68 bits per heavy atom. The SMILES string of the molecule is C=CN(/N=C\C(C)C)/C(=C\c1cccc([N+](=O)[O-])c1)C(=O)O. The summed E-state index contributed by atoms with van der Waals surface area (Å²) in [6, 6.07) is 5.68. The second-order valence-corrected chi connectivity index (χ2v) is 4.72. The third-order valence-electron chi connectivity index (χ3n) is 2.51. The minimum Gasteiger partial charge on any atom is -0.477 e. The van der Waals surface area contributed by atoms with Gasteiger partial charge in [-0.25, -0.2) is 9.80 Å². The molecule has 1 rings (SSSR count). The summed E-state index contributed by atoms with van der Waals surface area (Å²) in [5, 5.41) is 25.2. The Kier molecular flexibility index (Phi) is 6.00. The number of hydrazone groups is 1. The second kappa shape index (κ2) is 7.72. The van der Waals surface area contributed by atoms with E-state index in [1.165, 1.54) is 30.5 Å². The van der Waals surface area contributed by atoms with E-state index in [0.29, 0.717) is 5.56 Å². The van der Waals surface area contributed by atoms with Crippen LogP contribution in [0.25, 0.3) is 6.08 Å². The van der Waals surface area contributed by atoms with Crippen LogP contribution in [0.4, 0.5) is 5.69 Å². The molecule has 0 unspecified atom stereocenters. The van der Waals surface area contributed by atoms with Crippen molar-refractivity contribution in [3.8, 4) is 0 Å². The lowest BCUT2D eigenvalue weighted by Gasteiger charge is -2.14. The molecule has 0 aliphatic carbocycles. The fraction of sp³-hybridized carbons (Fsp3) is 0.200. The Bertz CT molecular complexity index is 635. The van der Waals surface area contributed by atoms with Gasteiger partial charge < -0.3 is 5.11 Å². The lowest BCUT2D eigenvalue weighted by Crippen LogP contribution is -2.17. The number of benzene rings is 1. The number of carboxylic acid groups (broad SMARTS) is 1. The second-order valence-electron chi connectivity index (χ2n) is 4.72. The molecule has 0 heterocycles. The van der Waals surface area contributed by atoms with Gasteiger partial charge in [0, 0.05) is 24.5 Å². The van der Waals surface area contributed by atoms with E-state index in [-0.39, 0.29) is 17.3 Å². The maximum absolute atomic E-state index is 11.4. The predicted molar refractivity (Wildman–Crippen MR) is 84.1 cm³/mol. The van der Waals surface area contributed by atoms with Gasteiger partial charge in [0.15, 0.2) is 0 Å². The zero-order chi connectivity index (χ0) is 16.7. The Morgan fingerprint density at radius 2 is 2.18 bits per heavy atom. The predicted octanol–water partition coefficient (Wildman–Crippen LogP) is 3.11. The van der Waals surface area contributed by atoms with Crippen LogP contribution < -0.4 is 0 Å². The number of non-ortho nitro benzene ring substituents is 1. The highest BCUT2D eigenvalue weighted by atomic mass is 16.6. The van der Waals surface area contributed by atoms with Crippen molar-refractivity contribution >= 4 is 23.9 Å². The summed E-state index contributed by atoms with van der Waals surface area (Å²) in [6.45, 7) is 7.33. The quantitative estimate of drug-likeness (QED) is 0.361. The molecule has 0 saturated heterocycles. The molecule has 22 heavy (non-hydrogen) atoms. The molecular formula is C15H17N3O4. The number of carbonyl (C=O) groups is 1. The van der Waals surface area contributed by atoms with E-state index in [0.717, 1.165) is 5.01 Å². The van der Waals surface area contributed by atoms with Gasteiger partial charge in [0.05, 0.1) is 4.92 Å². The lowest BCUT2D eigenvalue weighted by molar-refractivity contribution is -0.384. The summed E-state index contributed by atoms with van der Waals surface area (Å²) in [7, 11) is 0. The molecule has 0 aliphatic rings. The summed E-state index contributed by atoms with van der Waals surface area (Å²) in [5.74, 6) is -1.08. The van der Waals surface area contributed by atoms with Crippen LogP contribution in [0.15, 0.2) is 47.8 Å². The molecule has 116 valence electrons. The van der Waals surface area contributed by atoms with E-state index in [1.54, 1.807) is 12.3 Å². The van der Waals surface area contributed by atoms with Crippen molar-refractivity contribution in [2.75, 3.05) is 0 Å². The maximum atomic E-state index is 11.4. The van der Waals surface area contributed by atoms with Crippen molar-refractivity contribution in [1.29, 1.82) is 0 Å². The van der Waals surface area contributed by atoms with Gasteiger partial charge in [0.25, 0.3) is 5.69 Å². The third-order valence-corrected chi connectivity index (χ3v) is 2.51. The molecule has 7 nitrogen and oxygen atoms in total. The highest BCUT2D eigenvalue weighted by Crippen LogP contribution is 2.18. The van der Waals surface area contributed by atoms with Crippen LogP contribution in [0.5, 0.6) is 0 Å². The van der Waals surface area contributed by atoms with Gasteiger partial charge in [-0.1, -0.05) is 32.6 Å². The van der Waals surface area contributed by atoms with Gasteiger partial charge in [-0.3, -0.25) is 10.1 Å². The average molecular weight is 303 g/mol. The summed E-state index contributed by atoms with van der Waals surface area (Å²) in [6.07, 6.45) is 4.14. The van der Waals surface area contributed by atoms with Crippen LogP contribution >= 0.6 is 0 Å². The van der Waals surface area contributed by atoms with E-state index in [1.807, 2.05) is 13.8 Å². The number of carboxylic acids is 1. The first-order valence-corrected chi connectivity index (χ1v) is 6.50. The van der Waals surface area contributed by atoms with Gasteiger partial charge in [-0.05, 0) is 17.6 Å². The molecule has 1 aromatic carbocycles. The standard InChI is InChI=1S/C15H17N3O4/c1-4-17(16-10-11(2)3)14(15(19)20)9-12-6-5-7-13(8-12)18(21)22/h4-11H,1H2,2-3H3,(H,19,20)/b14-9-,16-10-. The number of nitrogens with zero attached hydrogens (tertiary/aromatic N) is 3. The number of nitro benzene ring substituents is 1. The zero-order valence-corrected chi connectivity index (χ0v) is 12.3. The van der Waals surface area contributed by atoms with Crippen molar-refractivity contribution in [3.05, 3.63) is 58.4 Å². The normalized spacial score (nSPS) is 11.7. The van der Waals surface area contributed by atoms with Crippen LogP contribution in [-0.2, 0) is 4.79 Å². The van der Waals surface area contributed by atoms with Gasteiger partial charge in [-0.15, -0.1) is 0 Å². The molecule has 0 atom stereocenters. The molecule has 7 heteroatoms. The van der Waals surface area contributed by atoms with Gasteiger partial charge >= 0.3 is 5.97 Å². The molecule has 0 aliphatic heterocycles. The third kappa shape index (κ3) is 4.86. The molecule has 0 fully saturated rings. The fourth-order valence-corrected chi connectivity index (χ4v) is 1.52. The number of hydrogen-bond donors (Lipinski definition) is 1. The molecule has 0 saturated carbocycles. The van der Waals surface area contributed by atoms with Crippen molar-refractivity contribution in [3.63, 3.8) is 0 Å². The van der Waals surface area contributed by atoms with Gasteiger partial charge in [-0.2, -0.15) is 5.10 Å². The molecule has 0 aromatic heterocycles. The van der Waals surface area contributed by atoms with Gasteiger partial charge in [0.1, 0.15) is 5.70 Å². The first-order chi connectivity index (χ1) is 10.3. The summed E-state index contributed by atoms with van der Waals surface area (Å²) in [5.41, 5.74) is 0.111. The molecular weight excluding hydrogens is 286 g/mol. The van der Waals surface area contributed by atoms with E-state index in [2.05, 4.69) is 11.7 Å². The minimum atomic E-state index is -1.22. The van der Waals surface area contributed by atoms with Crippen LogP contribution in [0, 0.1) is 16.0 Å². The molecule has 0 bridgehead atoms. The Morgan fingerprint density at radius 1 is 1.50 bits per heavy atom. The number of aliphatic carboxylic acids is 1. The van der Waals surface area contributed by atoms with Crippen molar-refractivity contribution in [2.45, 2.75) is 13.8 Å². The molecule has 0 amide bonds. The highest BCUT2D eigenvalue weighted by Gasteiger charge is 2.15. The smallest absolute Gasteiger partial charge is 0.354 e. The number of hydrogen-bond acceptors (Lipinski definition) is 5. The molecule has 1 aromatic rings. The average Bonchev–Trinajstić information content (AvgIpc) is 2.46. The van der Waals surface area contributed by atoms with E-state index in [9.17, 15) is 20.0 Å². The summed E-state index contributed by atoms with van der Waals surface area (Å²) in [4.78, 5) is 21.6. The van der Waals surface area contributed by atoms with Crippen molar-refractivity contribution < 1.29 is 14.8 Å². The zero-order valence-electron chi connectivity index (χ0n) is 12.3. The van der Waals surface area contributed by atoms with Crippen molar-refractivity contribution in [1.82, 2.24) is 5.01 Å². The van der Waals surface area contributed by atoms with Crippen LogP contribution in [0.2, 0.25) is 0 Å². The molecule has 0 radical (unpaired) electrons. The summed E-state index contributed by atoms with van der Waals surface area (Å²) >= 11 is 0. The van der Waals surface area contributed by atoms with Gasteiger partial charge in [0.2, 0.25) is 0 Å².